The molecule has 158 valence electrons. The van der Waals surface area contributed by atoms with Gasteiger partial charge in [-0.25, -0.2) is 4.79 Å². The Hall–Kier alpha value is -3.35. The second-order valence-electron chi connectivity index (χ2n) is 7.38. The minimum absolute atomic E-state index is 0.0182. The fourth-order valence-corrected chi connectivity index (χ4v) is 3.43. The molecule has 2 aromatic carbocycles. The van der Waals surface area contributed by atoms with Crippen LogP contribution in [0.2, 0.25) is 0 Å². The van der Waals surface area contributed by atoms with Gasteiger partial charge in [-0.3, -0.25) is 9.59 Å². The molecule has 1 aliphatic heterocycles. The van der Waals surface area contributed by atoms with Gasteiger partial charge in [0.05, 0.1) is 0 Å². The number of benzene rings is 2. The van der Waals surface area contributed by atoms with E-state index in [4.69, 9.17) is 0 Å². The van der Waals surface area contributed by atoms with E-state index in [1.807, 2.05) is 25.1 Å². The summed E-state index contributed by atoms with van der Waals surface area (Å²) in [5.41, 5.74) is 1.87. The van der Waals surface area contributed by atoms with Crippen LogP contribution in [0, 0.1) is 5.92 Å². The van der Waals surface area contributed by atoms with Crippen molar-refractivity contribution < 1.29 is 14.4 Å². The predicted molar refractivity (Wildman–Crippen MR) is 117 cm³/mol. The molecule has 1 fully saturated rings. The monoisotopic (exact) mass is 408 g/mol. The molecule has 0 aliphatic carbocycles. The molecule has 7 nitrogen and oxygen atoms in total. The quantitative estimate of drug-likeness (QED) is 0.681. The van der Waals surface area contributed by atoms with Crippen molar-refractivity contribution in [3.05, 3.63) is 60.2 Å². The molecule has 0 unspecified atom stereocenters. The SMILES string of the molecule is CCCNC(=O)C1CCN(C(=O)c2ccc(NC(=O)Nc3ccccc3)cc2)CC1. The van der Waals surface area contributed by atoms with Crippen LogP contribution in [0.15, 0.2) is 54.6 Å². The molecule has 2 aromatic rings. The number of hydrogen-bond acceptors (Lipinski definition) is 3. The molecular weight excluding hydrogens is 380 g/mol. The molecular formula is C23H28N4O3. The lowest BCUT2D eigenvalue weighted by molar-refractivity contribution is -0.126. The number of carbonyl (C=O) groups excluding carboxylic acids is 3. The Morgan fingerprint density at radius 2 is 1.50 bits per heavy atom. The first-order valence-electron chi connectivity index (χ1n) is 10.4. The van der Waals surface area contributed by atoms with Crippen LogP contribution in [0.1, 0.15) is 36.5 Å². The van der Waals surface area contributed by atoms with Gasteiger partial charge < -0.3 is 20.9 Å². The Balaban J connectivity index is 1.49. The Morgan fingerprint density at radius 3 is 2.10 bits per heavy atom. The average Bonchev–Trinajstić information content (AvgIpc) is 2.78. The van der Waals surface area contributed by atoms with Gasteiger partial charge in [0.15, 0.2) is 0 Å². The highest BCUT2D eigenvalue weighted by Crippen LogP contribution is 2.20. The minimum atomic E-state index is -0.344. The summed E-state index contributed by atoms with van der Waals surface area (Å²) >= 11 is 0. The fraction of sp³-hybridized carbons (Fsp3) is 0.348. The summed E-state index contributed by atoms with van der Waals surface area (Å²) in [6.45, 7) is 3.87. The molecule has 0 atom stereocenters. The number of carbonyl (C=O) groups is 3. The first-order valence-corrected chi connectivity index (χ1v) is 10.4. The van der Waals surface area contributed by atoms with Gasteiger partial charge in [0.2, 0.25) is 5.91 Å². The maximum Gasteiger partial charge on any atom is 0.323 e. The number of para-hydroxylation sites is 1. The van der Waals surface area contributed by atoms with Crippen LogP contribution < -0.4 is 16.0 Å². The lowest BCUT2D eigenvalue weighted by Crippen LogP contribution is -2.43. The highest BCUT2D eigenvalue weighted by molar-refractivity contribution is 6.00. The van der Waals surface area contributed by atoms with Gasteiger partial charge in [-0.15, -0.1) is 0 Å². The first-order chi connectivity index (χ1) is 14.6. The number of anilines is 2. The third-order valence-electron chi connectivity index (χ3n) is 5.12. The molecule has 4 amide bonds. The van der Waals surface area contributed by atoms with Crippen molar-refractivity contribution in [3.63, 3.8) is 0 Å². The lowest BCUT2D eigenvalue weighted by Gasteiger charge is -2.31. The summed E-state index contributed by atoms with van der Waals surface area (Å²) in [6, 6.07) is 15.7. The number of nitrogens with zero attached hydrogens (tertiary/aromatic N) is 1. The Kier molecular flexibility index (Phi) is 7.43. The molecule has 1 aliphatic rings. The molecule has 3 rings (SSSR count). The van der Waals surface area contributed by atoms with E-state index in [0.717, 1.165) is 6.42 Å². The highest BCUT2D eigenvalue weighted by Gasteiger charge is 2.27. The van der Waals surface area contributed by atoms with Crippen LogP contribution in [0.3, 0.4) is 0 Å². The van der Waals surface area contributed by atoms with Crippen LogP contribution in [0.25, 0.3) is 0 Å². The van der Waals surface area contributed by atoms with Gasteiger partial charge >= 0.3 is 6.03 Å². The smallest absolute Gasteiger partial charge is 0.323 e. The molecule has 0 bridgehead atoms. The molecule has 0 radical (unpaired) electrons. The molecule has 0 saturated carbocycles. The van der Waals surface area contributed by atoms with Gasteiger partial charge in [0, 0.05) is 42.5 Å². The average molecular weight is 409 g/mol. The van der Waals surface area contributed by atoms with E-state index in [1.54, 1.807) is 41.3 Å². The van der Waals surface area contributed by atoms with Crippen molar-refractivity contribution >= 4 is 29.2 Å². The second-order valence-corrected chi connectivity index (χ2v) is 7.38. The van der Waals surface area contributed by atoms with Crippen molar-refractivity contribution in [3.8, 4) is 0 Å². The number of piperidine rings is 1. The third kappa shape index (κ3) is 5.83. The van der Waals surface area contributed by atoms with Gasteiger partial charge in [0.1, 0.15) is 0 Å². The number of hydrogen-bond donors (Lipinski definition) is 3. The van der Waals surface area contributed by atoms with Crippen molar-refractivity contribution in [2.24, 2.45) is 5.92 Å². The normalized spacial score (nSPS) is 14.1. The van der Waals surface area contributed by atoms with Crippen molar-refractivity contribution in [1.82, 2.24) is 10.2 Å². The standard InChI is InChI=1S/C23H28N4O3/c1-2-14-24-21(28)17-12-15-27(16-13-17)22(29)18-8-10-20(11-9-18)26-23(30)25-19-6-4-3-5-7-19/h3-11,17H,2,12-16H2,1H3,(H,24,28)(H2,25,26,30). The van der Waals surface area contributed by atoms with E-state index >= 15 is 0 Å². The number of likely N-dealkylation sites (tertiary alicyclic amines) is 1. The largest absolute Gasteiger partial charge is 0.356 e. The molecule has 0 aromatic heterocycles. The van der Waals surface area contributed by atoms with E-state index in [-0.39, 0.29) is 23.8 Å². The van der Waals surface area contributed by atoms with Gasteiger partial charge in [-0.05, 0) is 55.7 Å². The van der Waals surface area contributed by atoms with Crippen molar-refractivity contribution in [2.45, 2.75) is 26.2 Å². The maximum absolute atomic E-state index is 12.7. The molecule has 1 saturated heterocycles. The predicted octanol–water partition coefficient (Wildman–Crippen LogP) is 3.71. The molecule has 0 spiro atoms. The fourth-order valence-electron chi connectivity index (χ4n) is 3.43. The molecule has 1 heterocycles. The van der Waals surface area contributed by atoms with E-state index in [1.165, 1.54) is 0 Å². The zero-order chi connectivity index (χ0) is 21.3. The van der Waals surface area contributed by atoms with E-state index in [2.05, 4.69) is 16.0 Å². The number of rotatable bonds is 6. The summed E-state index contributed by atoms with van der Waals surface area (Å²) in [5, 5.41) is 8.43. The van der Waals surface area contributed by atoms with E-state index in [9.17, 15) is 14.4 Å². The highest BCUT2D eigenvalue weighted by atomic mass is 16.2. The van der Waals surface area contributed by atoms with Gasteiger partial charge in [-0.2, -0.15) is 0 Å². The molecule has 7 heteroatoms. The van der Waals surface area contributed by atoms with Crippen molar-refractivity contribution in [1.29, 1.82) is 0 Å². The second kappa shape index (κ2) is 10.4. The number of amides is 4. The van der Waals surface area contributed by atoms with E-state index in [0.29, 0.717) is 49.4 Å². The van der Waals surface area contributed by atoms with Crippen LogP contribution in [0.5, 0.6) is 0 Å². The van der Waals surface area contributed by atoms with Crippen molar-refractivity contribution in [2.75, 3.05) is 30.3 Å². The van der Waals surface area contributed by atoms with Gasteiger partial charge in [-0.1, -0.05) is 25.1 Å². The summed E-state index contributed by atoms with van der Waals surface area (Å²) in [4.78, 5) is 38.7. The zero-order valence-corrected chi connectivity index (χ0v) is 17.2. The Bertz CT molecular complexity index is 860. The first kappa shape index (κ1) is 21.4. The van der Waals surface area contributed by atoms with Crippen LogP contribution in [-0.2, 0) is 4.79 Å². The summed E-state index contributed by atoms with van der Waals surface area (Å²) in [5.74, 6) is 0.0196. The topological polar surface area (TPSA) is 90.5 Å². The van der Waals surface area contributed by atoms with Crippen LogP contribution >= 0.6 is 0 Å². The Morgan fingerprint density at radius 1 is 0.900 bits per heavy atom. The number of urea groups is 1. The molecule has 3 N–H and O–H groups in total. The Labute approximate surface area is 176 Å². The summed E-state index contributed by atoms with van der Waals surface area (Å²) in [7, 11) is 0. The summed E-state index contributed by atoms with van der Waals surface area (Å²) in [6.07, 6.45) is 2.28. The van der Waals surface area contributed by atoms with Crippen LogP contribution in [-0.4, -0.2) is 42.4 Å². The maximum atomic E-state index is 12.7. The third-order valence-corrected chi connectivity index (χ3v) is 5.12. The summed E-state index contributed by atoms with van der Waals surface area (Å²) < 4.78 is 0. The van der Waals surface area contributed by atoms with Crippen LogP contribution in [0.4, 0.5) is 16.2 Å². The van der Waals surface area contributed by atoms with E-state index < -0.39 is 0 Å². The number of nitrogens with one attached hydrogen (secondary N) is 3. The van der Waals surface area contributed by atoms with Gasteiger partial charge in [0.25, 0.3) is 5.91 Å². The minimum Gasteiger partial charge on any atom is -0.356 e. The zero-order valence-electron chi connectivity index (χ0n) is 17.2. The lowest BCUT2D eigenvalue weighted by atomic mass is 9.95. The molecule has 30 heavy (non-hydrogen) atoms.